The minimum atomic E-state index is 0.300. The van der Waals surface area contributed by atoms with Crippen molar-refractivity contribution in [1.29, 1.82) is 0 Å². The van der Waals surface area contributed by atoms with Gasteiger partial charge in [-0.25, -0.2) is 0 Å². The normalized spacial score (nSPS) is 12.5. The van der Waals surface area contributed by atoms with Gasteiger partial charge in [0.05, 0.1) is 0 Å². The van der Waals surface area contributed by atoms with Gasteiger partial charge in [-0.05, 0) is 32.4 Å². The van der Waals surface area contributed by atoms with Gasteiger partial charge in [-0.15, -0.1) is 0 Å². The van der Waals surface area contributed by atoms with Crippen molar-refractivity contribution in [2.45, 2.75) is 52.5 Å². The van der Waals surface area contributed by atoms with E-state index in [1.807, 2.05) is 0 Å². The maximum atomic E-state index is 3.41. The first kappa shape index (κ1) is 12.3. The molecule has 2 heteroatoms. The van der Waals surface area contributed by atoms with Crippen molar-refractivity contribution in [3.05, 3.63) is 0 Å². The van der Waals surface area contributed by atoms with Crippen LogP contribution in [0.25, 0.3) is 0 Å². The first-order valence-corrected chi connectivity index (χ1v) is 6.00. The summed E-state index contributed by atoms with van der Waals surface area (Å²) >= 11 is 1.72. The molecule has 0 amide bonds. The van der Waals surface area contributed by atoms with Gasteiger partial charge in [0.15, 0.2) is 0 Å². The van der Waals surface area contributed by atoms with Crippen molar-refractivity contribution in [3.63, 3.8) is 0 Å². The van der Waals surface area contributed by atoms with Crippen molar-refractivity contribution in [1.82, 2.24) is 4.72 Å². The monoisotopic (exact) mass is 189 g/mol. The Morgan fingerprint density at radius 3 is 2.33 bits per heavy atom. The summed E-state index contributed by atoms with van der Waals surface area (Å²) in [5.74, 6) is 0.843. The fourth-order valence-electron chi connectivity index (χ4n) is 1.28. The molecule has 0 aromatic heterocycles. The summed E-state index contributed by atoms with van der Waals surface area (Å²) in [5.41, 5.74) is 0.300. The molecule has 0 saturated carbocycles. The van der Waals surface area contributed by atoms with Gasteiger partial charge in [-0.3, -0.25) is 4.72 Å². The topological polar surface area (TPSA) is 12.0 Å². The van der Waals surface area contributed by atoms with Crippen LogP contribution >= 0.6 is 11.9 Å². The van der Waals surface area contributed by atoms with Crippen molar-refractivity contribution in [2.24, 2.45) is 5.92 Å². The van der Waals surface area contributed by atoms with Gasteiger partial charge in [0.2, 0.25) is 0 Å². The zero-order valence-corrected chi connectivity index (χ0v) is 9.92. The molecule has 0 aliphatic carbocycles. The number of rotatable bonds is 6. The van der Waals surface area contributed by atoms with Gasteiger partial charge < -0.3 is 0 Å². The van der Waals surface area contributed by atoms with E-state index in [1.54, 1.807) is 11.9 Å². The Kier molecular flexibility index (Phi) is 6.02. The second-order valence-corrected chi connectivity index (χ2v) is 5.09. The average Bonchev–Trinajstić information content (AvgIpc) is 1.85. The Balaban J connectivity index is 3.46. The average molecular weight is 189 g/mol. The number of hydrogen-bond acceptors (Lipinski definition) is 2. The summed E-state index contributed by atoms with van der Waals surface area (Å²) in [6, 6.07) is 0. The summed E-state index contributed by atoms with van der Waals surface area (Å²) in [5, 5.41) is 0. The molecule has 0 unspecified atom stereocenters. The van der Waals surface area contributed by atoms with Crippen LogP contribution in [0.1, 0.15) is 47.0 Å². The third kappa shape index (κ3) is 6.99. The zero-order valence-electron chi connectivity index (χ0n) is 9.11. The van der Waals surface area contributed by atoms with E-state index in [1.165, 1.54) is 19.3 Å². The van der Waals surface area contributed by atoms with Crippen LogP contribution in [0, 0.1) is 5.92 Å². The van der Waals surface area contributed by atoms with Crippen LogP contribution in [0.5, 0.6) is 0 Å². The largest absolute Gasteiger partial charge is 0.259 e. The van der Waals surface area contributed by atoms with E-state index in [0.717, 1.165) is 5.92 Å². The molecule has 0 aromatic carbocycles. The predicted molar refractivity (Wildman–Crippen MR) is 59.4 cm³/mol. The smallest absolute Gasteiger partial charge is 0.0226 e. The number of hydrogen-bond donors (Lipinski definition) is 1. The van der Waals surface area contributed by atoms with Gasteiger partial charge >= 0.3 is 0 Å². The third-order valence-electron chi connectivity index (χ3n) is 1.96. The lowest BCUT2D eigenvalue weighted by Crippen LogP contribution is -2.33. The van der Waals surface area contributed by atoms with Crippen molar-refractivity contribution in [2.75, 3.05) is 6.26 Å². The lowest BCUT2D eigenvalue weighted by molar-refractivity contribution is 0.401. The van der Waals surface area contributed by atoms with E-state index in [9.17, 15) is 0 Å². The molecule has 1 N–H and O–H groups in total. The standard InChI is InChI=1S/C10H23NS/c1-9(2)7-6-8-10(3,4)11-12-5/h9,11H,6-8H2,1-5H3. The van der Waals surface area contributed by atoms with Crippen molar-refractivity contribution < 1.29 is 0 Å². The molecule has 0 bridgehead atoms. The highest BCUT2D eigenvalue weighted by atomic mass is 32.2. The molecule has 0 fully saturated rings. The van der Waals surface area contributed by atoms with E-state index in [2.05, 4.69) is 38.7 Å². The fourth-order valence-corrected chi connectivity index (χ4v) is 1.93. The summed E-state index contributed by atoms with van der Waals surface area (Å²) in [4.78, 5) is 0. The summed E-state index contributed by atoms with van der Waals surface area (Å²) < 4.78 is 3.41. The van der Waals surface area contributed by atoms with Gasteiger partial charge in [0.1, 0.15) is 0 Å². The third-order valence-corrected chi connectivity index (χ3v) is 2.72. The van der Waals surface area contributed by atoms with E-state index >= 15 is 0 Å². The maximum Gasteiger partial charge on any atom is 0.0226 e. The van der Waals surface area contributed by atoms with Gasteiger partial charge in [0, 0.05) is 5.54 Å². The summed E-state index contributed by atoms with van der Waals surface area (Å²) in [6.07, 6.45) is 6.04. The Labute approximate surface area is 81.8 Å². The van der Waals surface area contributed by atoms with Gasteiger partial charge in [-0.1, -0.05) is 38.6 Å². The van der Waals surface area contributed by atoms with E-state index < -0.39 is 0 Å². The van der Waals surface area contributed by atoms with Gasteiger partial charge in [-0.2, -0.15) is 0 Å². The summed E-state index contributed by atoms with van der Waals surface area (Å²) in [6.45, 7) is 9.11. The highest BCUT2D eigenvalue weighted by Gasteiger charge is 2.15. The molecular formula is C10H23NS. The molecule has 0 aromatic rings. The molecule has 0 aliphatic heterocycles. The van der Waals surface area contributed by atoms with Crippen LogP contribution in [-0.4, -0.2) is 11.8 Å². The van der Waals surface area contributed by atoms with Crippen LogP contribution in [-0.2, 0) is 0 Å². The van der Waals surface area contributed by atoms with Crippen LogP contribution in [0.2, 0.25) is 0 Å². The van der Waals surface area contributed by atoms with Crippen LogP contribution in [0.4, 0.5) is 0 Å². The zero-order chi connectivity index (χ0) is 9.61. The molecule has 0 radical (unpaired) electrons. The molecule has 0 saturated heterocycles. The highest BCUT2D eigenvalue weighted by molar-refractivity contribution is 7.96. The molecule has 0 atom stereocenters. The first-order chi connectivity index (χ1) is 5.48. The molecule has 12 heavy (non-hydrogen) atoms. The molecular weight excluding hydrogens is 166 g/mol. The predicted octanol–water partition coefficient (Wildman–Crippen LogP) is 3.46. The van der Waals surface area contributed by atoms with Crippen molar-refractivity contribution in [3.8, 4) is 0 Å². The highest BCUT2D eigenvalue weighted by Crippen LogP contribution is 2.17. The minimum Gasteiger partial charge on any atom is -0.259 e. The van der Waals surface area contributed by atoms with Crippen molar-refractivity contribution >= 4 is 11.9 Å². The van der Waals surface area contributed by atoms with Crippen LogP contribution < -0.4 is 4.72 Å². The van der Waals surface area contributed by atoms with Crippen LogP contribution in [0.15, 0.2) is 0 Å². The van der Waals surface area contributed by atoms with E-state index in [0.29, 0.717) is 5.54 Å². The second kappa shape index (κ2) is 5.87. The lowest BCUT2D eigenvalue weighted by Gasteiger charge is -2.25. The SMILES string of the molecule is CSNC(C)(C)CCCC(C)C. The molecule has 0 spiro atoms. The summed E-state index contributed by atoms with van der Waals surface area (Å²) in [7, 11) is 0. The Hall–Kier alpha value is 0.310. The van der Waals surface area contributed by atoms with Gasteiger partial charge in [0.25, 0.3) is 0 Å². The van der Waals surface area contributed by atoms with E-state index in [4.69, 9.17) is 0 Å². The second-order valence-electron chi connectivity index (χ2n) is 4.48. The molecule has 0 aliphatic rings. The quantitative estimate of drug-likeness (QED) is 0.642. The Bertz CT molecular complexity index is 110. The van der Waals surface area contributed by atoms with E-state index in [-0.39, 0.29) is 0 Å². The minimum absolute atomic E-state index is 0.300. The Morgan fingerprint density at radius 1 is 1.33 bits per heavy atom. The van der Waals surface area contributed by atoms with Crippen LogP contribution in [0.3, 0.4) is 0 Å². The number of nitrogens with one attached hydrogen (secondary N) is 1. The molecule has 0 rings (SSSR count). The maximum absolute atomic E-state index is 3.41. The fraction of sp³-hybridized carbons (Fsp3) is 1.00. The first-order valence-electron chi connectivity index (χ1n) is 4.78. The molecule has 74 valence electrons. The Morgan fingerprint density at radius 2 is 1.92 bits per heavy atom. The molecule has 0 heterocycles. The lowest BCUT2D eigenvalue weighted by atomic mass is 9.96. The molecule has 1 nitrogen and oxygen atoms in total.